The van der Waals surface area contributed by atoms with Gasteiger partial charge in [0.15, 0.2) is 11.6 Å². The minimum absolute atomic E-state index is 0.120. The average Bonchev–Trinajstić information content (AvgIpc) is 2.37. The van der Waals surface area contributed by atoms with E-state index in [1.807, 2.05) is 0 Å². The molecule has 0 aliphatic rings. The number of aryl methyl sites for hydroxylation is 1. The number of hydrogen-bond acceptors (Lipinski definition) is 2. The second-order valence-corrected chi connectivity index (χ2v) is 5.58. The van der Waals surface area contributed by atoms with Gasteiger partial charge in [0.1, 0.15) is 0 Å². The molecule has 0 bridgehead atoms. The van der Waals surface area contributed by atoms with Crippen LogP contribution in [0.4, 0.5) is 8.78 Å². The molecule has 4 heteroatoms. The van der Waals surface area contributed by atoms with E-state index in [4.69, 9.17) is 0 Å². The first-order valence-electron chi connectivity index (χ1n) is 6.37. The summed E-state index contributed by atoms with van der Waals surface area (Å²) in [6.45, 7) is 6.51. The first kappa shape index (κ1) is 15.4. The van der Waals surface area contributed by atoms with Crippen LogP contribution in [-0.4, -0.2) is 18.1 Å². The fourth-order valence-corrected chi connectivity index (χ4v) is 2.51. The van der Waals surface area contributed by atoms with Gasteiger partial charge in [-0.2, -0.15) is 11.8 Å². The molecule has 0 fully saturated rings. The molecule has 0 radical (unpaired) electrons. The quantitative estimate of drug-likeness (QED) is 0.804. The number of halogens is 2. The zero-order valence-electron chi connectivity index (χ0n) is 11.2. The summed E-state index contributed by atoms with van der Waals surface area (Å²) in [5.41, 5.74) is 0.793. The Bertz CT molecular complexity index is 374. The number of hydrogen-bond donors (Lipinski definition) is 1. The van der Waals surface area contributed by atoms with Gasteiger partial charge < -0.3 is 5.32 Å². The maximum absolute atomic E-state index is 13.9. The zero-order valence-corrected chi connectivity index (χ0v) is 12.0. The van der Waals surface area contributed by atoms with Gasteiger partial charge in [0.2, 0.25) is 0 Å². The van der Waals surface area contributed by atoms with Crippen LogP contribution in [-0.2, 0) is 0 Å². The van der Waals surface area contributed by atoms with Gasteiger partial charge >= 0.3 is 0 Å². The third kappa shape index (κ3) is 3.95. The molecule has 0 aromatic heterocycles. The molecule has 1 aromatic rings. The predicted molar refractivity (Wildman–Crippen MR) is 75.1 cm³/mol. The molecule has 0 saturated carbocycles. The first-order valence-corrected chi connectivity index (χ1v) is 7.52. The van der Waals surface area contributed by atoms with Crippen LogP contribution in [0.1, 0.15) is 37.4 Å². The molecule has 1 aromatic carbocycles. The highest BCUT2D eigenvalue weighted by Gasteiger charge is 2.18. The molecule has 0 saturated heterocycles. The van der Waals surface area contributed by atoms with Crippen LogP contribution in [0.25, 0.3) is 0 Å². The molecule has 1 unspecified atom stereocenters. The van der Waals surface area contributed by atoms with Crippen molar-refractivity contribution in [3.05, 3.63) is 34.9 Å². The molecule has 0 spiro atoms. The Hall–Kier alpha value is -0.610. The van der Waals surface area contributed by atoms with Crippen molar-refractivity contribution in [2.75, 3.05) is 18.1 Å². The van der Waals surface area contributed by atoms with Crippen molar-refractivity contribution in [3.8, 4) is 0 Å². The second-order valence-electron chi connectivity index (χ2n) is 4.27. The van der Waals surface area contributed by atoms with Gasteiger partial charge in [-0.15, -0.1) is 0 Å². The van der Waals surface area contributed by atoms with Crippen molar-refractivity contribution in [2.45, 2.75) is 33.2 Å². The van der Waals surface area contributed by atoms with E-state index in [9.17, 15) is 8.78 Å². The first-order chi connectivity index (χ1) is 8.61. The van der Waals surface area contributed by atoms with Crippen LogP contribution in [0.15, 0.2) is 12.1 Å². The van der Waals surface area contributed by atoms with Gasteiger partial charge in [0.25, 0.3) is 0 Å². The normalized spacial score (nSPS) is 12.7. The van der Waals surface area contributed by atoms with E-state index < -0.39 is 11.6 Å². The van der Waals surface area contributed by atoms with E-state index in [0.29, 0.717) is 11.1 Å². The predicted octanol–water partition coefficient (Wildman–Crippen LogP) is 4.07. The Kier molecular flexibility index (Phi) is 6.65. The van der Waals surface area contributed by atoms with Crippen LogP contribution in [0, 0.1) is 18.6 Å². The molecule has 0 aliphatic carbocycles. The molecular weight excluding hydrogens is 252 g/mol. The Morgan fingerprint density at radius 2 is 1.94 bits per heavy atom. The highest BCUT2D eigenvalue weighted by atomic mass is 32.2. The maximum atomic E-state index is 13.9. The molecule has 0 amide bonds. The minimum Gasteiger partial charge on any atom is -0.309 e. The monoisotopic (exact) mass is 273 g/mol. The number of rotatable bonds is 7. The average molecular weight is 273 g/mol. The summed E-state index contributed by atoms with van der Waals surface area (Å²) < 4.78 is 27.5. The summed E-state index contributed by atoms with van der Waals surface area (Å²) in [5.74, 6) is 0.300. The standard InChI is InChI=1S/C14H21F2NS/c1-4-8-17-12(9-18-5-2)11-7-6-10(3)13(15)14(11)16/h6-7,12,17H,4-5,8-9H2,1-3H3. The van der Waals surface area contributed by atoms with Crippen molar-refractivity contribution in [2.24, 2.45) is 0 Å². The van der Waals surface area contributed by atoms with Gasteiger partial charge in [-0.1, -0.05) is 26.0 Å². The van der Waals surface area contributed by atoms with E-state index in [-0.39, 0.29) is 6.04 Å². The van der Waals surface area contributed by atoms with Crippen molar-refractivity contribution in [3.63, 3.8) is 0 Å². The third-order valence-corrected chi connectivity index (χ3v) is 3.79. The molecule has 102 valence electrons. The number of benzene rings is 1. The highest BCUT2D eigenvalue weighted by Crippen LogP contribution is 2.24. The maximum Gasteiger partial charge on any atom is 0.163 e. The van der Waals surface area contributed by atoms with Crippen molar-refractivity contribution in [1.29, 1.82) is 0 Å². The molecule has 0 aliphatic heterocycles. The summed E-state index contributed by atoms with van der Waals surface area (Å²) >= 11 is 1.73. The summed E-state index contributed by atoms with van der Waals surface area (Å²) in [7, 11) is 0. The number of thioether (sulfide) groups is 1. The minimum atomic E-state index is -0.725. The molecule has 1 rings (SSSR count). The van der Waals surface area contributed by atoms with E-state index in [1.54, 1.807) is 30.8 Å². The van der Waals surface area contributed by atoms with Gasteiger partial charge in [-0.3, -0.25) is 0 Å². The summed E-state index contributed by atoms with van der Waals surface area (Å²) in [6, 6.07) is 3.22. The Morgan fingerprint density at radius 1 is 1.22 bits per heavy atom. The van der Waals surface area contributed by atoms with Crippen LogP contribution in [0.2, 0.25) is 0 Å². The molecule has 18 heavy (non-hydrogen) atoms. The molecule has 1 N–H and O–H groups in total. The molecule has 1 nitrogen and oxygen atoms in total. The fraction of sp³-hybridized carbons (Fsp3) is 0.571. The van der Waals surface area contributed by atoms with Gasteiger partial charge in [-0.25, -0.2) is 8.78 Å². The molecule has 0 heterocycles. The van der Waals surface area contributed by atoms with E-state index >= 15 is 0 Å². The number of nitrogens with one attached hydrogen (secondary N) is 1. The summed E-state index contributed by atoms with van der Waals surface area (Å²) in [6.07, 6.45) is 0.975. The van der Waals surface area contributed by atoms with Crippen LogP contribution in [0.3, 0.4) is 0 Å². The SMILES string of the molecule is CCCNC(CSCC)c1ccc(C)c(F)c1F. The van der Waals surface area contributed by atoms with Crippen molar-refractivity contribution in [1.82, 2.24) is 5.32 Å². The topological polar surface area (TPSA) is 12.0 Å². The van der Waals surface area contributed by atoms with E-state index in [0.717, 1.165) is 24.5 Å². The van der Waals surface area contributed by atoms with E-state index in [1.165, 1.54) is 0 Å². The van der Waals surface area contributed by atoms with Crippen molar-refractivity contribution >= 4 is 11.8 Å². The second kappa shape index (κ2) is 7.74. The third-order valence-electron chi connectivity index (χ3n) is 2.81. The summed E-state index contributed by atoms with van der Waals surface area (Å²) in [5, 5.41) is 3.28. The van der Waals surface area contributed by atoms with Gasteiger partial charge in [0, 0.05) is 17.4 Å². The fourth-order valence-electron chi connectivity index (χ4n) is 1.74. The van der Waals surface area contributed by atoms with Crippen molar-refractivity contribution < 1.29 is 8.78 Å². The van der Waals surface area contributed by atoms with Crippen LogP contribution in [0.5, 0.6) is 0 Å². The lowest BCUT2D eigenvalue weighted by atomic mass is 10.0. The van der Waals surface area contributed by atoms with Crippen LogP contribution >= 0.6 is 11.8 Å². The lowest BCUT2D eigenvalue weighted by Crippen LogP contribution is -2.25. The largest absolute Gasteiger partial charge is 0.309 e. The molecular formula is C14H21F2NS. The summed E-state index contributed by atoms with van der Waals surface area (Å²) in [4.78, 5) is 0. The van der Waals surface area contributed by atoms with Gasteiger partial charge in [-0.05, 0) is 31.2 Å². The Labute approximate surface area is 112 Å². The van der Waals surface area contributed by atoms with Crippen LogP contribution < -0.4 is 5.32 Å². The zero-order chi connectivity index (χ0) is 13.5. The van der Waals surface area contributed by atoms with E-state index in [2.05, 4.69) is 19.2 Å². The highest BCUT2D eigenvalue weighted by molar-refractivity contribution is 7.99. The lowest BCUT2D eigenvalue weighted by Gasteiger charge is -2.19. The Balaban J connectivity index is 2.93. The van der Waals surface area contributed by atoms with Gasteiger partial charge in [0.05, 0.1) is 0 Å². The smallest absolute Gasteiger partial charge is 0.163 e. The molecule has 1 atom stereocenters. The Morgan fingerprint density at radius 3 is 2.56 bits per heavy atom. The lowest BCUT2D eigenvalue weighted by molar-refractivity contribution is 0.471.